The van der Waals surface area contributed by atoms with E-state index in [4.69, 9.17) is 4.52 Å². The van der Waals surface area contributed by atoms with Crippen molar-refractivity contribution in [2.45, 2.75) is 31.6 Å². The molecule has 0 bridgehead atoms. The number of rotatable bonds is 6. The van der Waals surface area contributed by atoms with E-state index in [0.29, 0.717) is 29.4 Å². The normalized spacial score (nSPS) is 11.7. The van der Waals surface area contributed by atoms with Crippen LogP contribution >= 0.6 is 0 Å². The Morgan fingerprint density at radius 3 is 2.58 bits per heavy atom. The number of carbonyl (C=O) groups is 1. The average molecular weight is 352 g/mol. The number of nitrogens with zero attached hydrogens (tertiary/aromatic N) is 3. The second kappa shape index (κ2) is 7.10. The van der Waals surface area contributed by atoms with Gasteiger partial charge in [0.25, 0.3) is 0 Å². The predicted octanol–water partition coefficient (Wildman–Crippen LogP) is 1.51. The van der Waals surface area contributed by atoms with E-state index in [1.807, 2.05) is 0 Å². The Bertz CT molecular complexity index is 843. The van der Waals surface area contributed by atoms with Crippen LogP contribution in [-0.4, -0.2) is 42.9 Å². The van der Waals surface area contributed by atoms with Gasteiger partial charge in [0, 0.05) is 32.6 Å². The number of carbonyl (C=O) groups excluding carboxylic acids is 1. The van der Waals surface area contributed by atoms with Crippen molar-refractivity contribution in [3.05, 3.63) is 35.5 Å². The molecule has 0 atom stereocenters. The van der Waals surface area contributed by atoms with Crippen LogP contribution in [0.25, 0.3) is 0 Å². The molecule has 0 spiro atoms. The number of hydrogen-bond donors (Lipinski definition) is 1. The molecule has 2 aromatic rings. The van der Waals surface area contributed by atoms with E-state index < -0.39 is 10.0 Å². The molecule has 0 aliphatic rings. The molecular formula is C15H20N4O4S. The molecule has 0 aliphatic heterocycles. The van der Waals surface area contributed by atoms with E-state index in [0.717, 1.165) is 4.31 Å². The summed E-state index contributed by atoms with van der Waals surface area (Å²) in [5.74, 6) is 0.646. The third-order valence-corrected chi connectivity index (χ3v) is 5.32. The zero-order valence-electron chi connectivity index (χ0n) is 14.0. The molecule has 1 N–H and O–H groups in total. The van der Waals surface area contributed by atoms with Crippen LogP contribution in [0.4, 0.5) is 5.69 Å². The molecule has 0 saturated carbocycles. The molecule has 1 amide bonds. The molecular weight excluding hydrogens is 332 g/mol. The Morgan fingerprint density at radius 1 is 1.29 bits per heavy atom. The Kier molecular flexibility index (Phi) is 5.35. The molecule has 9 heteroatoms. The van der Waals surface area contributed by atoms with Gasteiger partial charge in [-0.1, -0.05) is 11.2 Å². The third kappa shape index (κ3) is 4.18. The highest BCUT2D eigenvalue weighted by molar-refractivity contribution is 7.89. The number of hydrogen-bond acceptors (Lipinski definition) is 6. The maximum Gasteiger partial charge on any atom is 0.242 e. The first-order valence-electron chi connectivity index (χ1n) is 7.32. The number of sulfonamides is 1. The lowest BCUT2D eigenvalue weighted by molar-refractivity contribution is -0.116. The zero-order chi connectivity index (χ0) is 17.9. The maximum atomic E-state index is 12.3. The third-order valence-electron chi connectivity index (χ3n) is 3.37. The van der Waals surface area contributed by atoms with Crippen molar-refractivity contribution in [1.82, 2.24) is 14.4 Å². The number of benzene rings is 1. The van der Waals surface area contributed by atoms with Gasteiger partial charge < -0.3 is 9.84 Å². The van der Waals surface area contributed by atoms with Crippen molar-refractivity contribution >= 4 is 21.6 Å². The van der Waals surface area contributed by atoms with E-state index in [1.165, 1.54) is 20.2 Å². The SMILES string of the molecule is Cc1noc(CCC(=O)Nc2ccc(C)c(S(=O)(=O)N(C)C)c2)n1. The van der Waals surface area contributed by atoms with E-state index in [9.17, 15) is 13.2 Å². The second-order valence-electron chi connectivity index (χ2n) is 5.55. The topological polar surface area (TPSA) is 105 Å². The molecule has 0 radical (unpaired) electrons. The molecule has 0 aliphatic carbocycles. The minimum absolute atomic E-state index is 0.158. The molecule has 8 nitrogen and oxygen atoms in total. The molecule has 1 aromatic heterocycles. The molecule has 0 saturated heterocycles. The van der Waals surface area contributed by atoms with Gasteiger partial charge >= 0.3 is 0 Å². The first kappa shape index (κ1) is 18.1. The summed E-state index contributed by atoms with van der Waals surface area (Å²) in [7, 11) is -0.640. The summed E-state index contributed by atoms with van der Waals surface area (Å²) in [5, 5.41) is 6.34. The molecule has 130 valence electrons. The number of aryl methyl sites for hydroxylation is 3. The van der Waals surface area contributed by atoms with Crippen LogP contribution in [0.2, 0.25) is 0 Å². The van der Waals surface area contributed by atoms with Crippen LogP contribution in [-0.2, 0) is 21.2 Å². The van der Waals surface area contributed by atoms with Crippen LogP contribution in [0.1, 0.15) is 23.7 Å². The first-order chi connectivity index (χ1) is 11.2. The molecule has 0 fully saturated rings. The van der Waals surface area contributed by atoms with E-state index >= 15 is 0 Å². The Balaban J connectivity index is 2.08. The second-order valence-corrected chi connectivity index (χ2v) is 7.67. The Morgan fingerprint density at radius 2 is 2.00 bits per heavy atom. The highest BCUT2D eigenvalue weighted by atomic mass is 32.2. The molecule has 0 unspecified atom stereocenters. The number of nitrogens with one attached hydrogen (secondary N) is 1. The standard InChI is InChI=1S/C15H20N4O4S/c1-10-5-6-12(9-13(10)24(21,22)19(3)4)17-14(20)7-8-15-16-11(2)18-23-15/h5-6,9H,7-8H2,1-4H3,(H,17,20). The minimum atomic E-state index is -3.57. The number of amides is 1. The van der Waals surface area contributed by atoms with Gasteiger partial charge in [-0.2, -0.15) is 4.98 Å². The number of aromatic nitrogens is 2. The summed E-state index contributed by atoms with van der Waals surface area (Å²) >= 11 is 0. The van der Waals surface area contributed by atoms with Crippen LogP contribution < -0.4 is 5.32 Å². The van der Waals surface area contributed by atoms with E-state index in [1.54, 1.807) is 26.0 Å². The van der Waals surface area contributed by atoms with Gasteiger partial charge in [0.1, 0.15) is 0 Å². The first-order valence-corrected chi connectivity index (χ1v) is 8.76. The van der Waals surface area contributed by atoms with E-state index in [-0.39, 0.29) is 17.2 Å². The molecule has 2 rings (SSSR count). The monoisotopic (exact) mass is 352 g/mol. The van der Waals surface area contributed by atoms with Crippen molar-refractivity contribution in [3.63, 3.8) is 0 Å². The number of anilines is 1. The van der Waals surface area contributed by atoms with Gasteiger partial charge in [-0.25, -0.2) is 12.7 Å². The summed E-state index contributed by atoms with van der Waals surface area (Å²) in [5.41, 5.74) is 1.04. The van der Waals surface area contributed by atoms with Gasteiger partial charge in [0.05, 0.1) is 4.90 Å². The smallest absolute Gasteiger partial charge is 0.242 e. The summed E-state index contributed by atoms with van der Waals surface area (Å²) in [4.78, 5) is 16.2. The molecule has 1 aromatic carbocycles. The molecule has 24 heavy (non-hydrogen) atoms. The van der Waals surface area contributed by atoms with Gasteiger partial charge in [0.15, 0.2) is 5.82 Å². The van der Waals surface area contributed by atoms with Crippen LogP contribution in [0, 0.1) is 13.8 Å². The van der Waals surface area contributed by atoms with Crippen LogP contribution in [0.5, 0.6) is 0 Å². The fourth-order valence-electron chi connectivity index (χ4n) is 2.04. The Labute approximate surface area is 140 Å². The highest BCUT2D eigenvalue weighted by Gasteiger charge is 2.20. The van der Waals surface area contributed by atoms with Crippen molar-refractivity contribution in [2.24, 2.45) is 0 Å². The fourth-order valence-corrected chi connectivity index (χ4v) is 3.18. The summed E-state index contributed by atoms with van der Waals surface area (Å²) in [6.45, 7) is 3.41. The van der Waals surface area contributed by atoms with Gasteiger partial charge in [-0.3, -0.25) is 4.79 Å². The van der Waals surface area contributed by atoms with Crippen LogP contribution in [0.3, 0.4) is 0 Å². The lowest BCUT2D eigenvalue weighted by atomic mass is 10.2. The van der Waals surface area contributed by atoms with Crippen molar-refractivity contribution in [3.8, 4) is 0 Å². The van der Waals surface area contributed by atoms with E-state index in [2.05, 4.69) is 15.5 Å². The Hall–Kier alpha value is -2.26. The summed E-state index contributed by atoms with van der Waals surface area (Å²) < 4.78 is 30.7. The predicted molar refractivity (Wildman–Crippen MR) is 88.0 cm³/mol. The largest absolute Gasteiger partial charge is 0.339 e. The average Bonchev–Trinajstić information content (AvgIpc) is 2.92. The highest BCUT2D eigenvalue weighted by Crippen LogP contribution is 2.22. The molecule has 1 heterocycles. The lowest BCUT2D eigenvalue weighted by Gasteiger charge is -2.15. The maximum absolute atomic E-state index is 12.3. The summed E-state index contributed by atoms with van der Waals surface area (Å²) in [6, 6.07) is 4.78. The zero-order valence-corrected chi connectivity index (χ0v) is 14.8. The van der Waals surface area contributed by atoms with Gasteiger partial charge in [-0.05, 0) is 31.5 Å². The quantitative estimate of drug-likeness (QED) is 0.845. The lowest BCUT2D eigenvalue weighted by Crippen LogP contribution is -2.23. The summed E-state index contributed by atoms with van der Waals surface area (Å²) in [6.07, 6.45) is 0.479. The van der Waals surface area contributed by atoms with Crippen molar-refractivity contribution in [2.75, 3.05) is 19.4 Å². The van der Waals surface area contributed by atoms with Crippen molar-refractivity contribution in [1.29, 1.82) is 0 Å². The van der Waals surface area contributed by atoms with Gasteiger partial charge in [-0.15, -0.1) is 0 Å². The minimum Gasteiger partial charge on any atom is -0.339 e. The van der Waals surface area contributed by atoms with Gasteiger partial charge in [0.2, 0.25) is 21.8 Å². The van der Waals surface area contributed by atoms with Crippen molar-refractivity contribution < 1.29 is 17.7 Å². The fraction of sp³-hybridized carbons (Fsp3) is 0.400. The van der Waals surface area contributed by atoms with Crippen LogP contribution in [0.15, 0.2) is 27.6 Å².